The molecule has 0 aliphatic carbocycles. The first-order chi connectivity index (χ1) is 11.2. The van der Waals surface area contributed by atoms with E-state index in [0.717, 1.165) is 38.3 Å². The predicted octanol–water partition coefficient (Wildman–Crippen LogP) is 2.35. The number of nitrogens with zero attached hydrogens (tertiary/aromatic N) is 2. The summed E-state index contributed by atoms with van der Waals surface area (Å²) < 4.78 is 5.61. The molecule has 2 aromatic rings. The Bertz CT molecular complexity index is 659. The Kier molecular flexibility index (Phi) is 5.16. The van der Waals surface area contributed by atoms with Crippen molar-refractivity contribution < 1.29 is 9.84 Å². The molecular weight excluding hydrogens is 288 g/mol. The van der Waals surface area contributed by atoms with Gasteiger partial charge in [0.15, 0.2) is 0 Å². The lowest BCUT2D eigenvalue weighted by Gasteiger charge is -2.39. The zero-order chi connectivity index (χ0) is 16.2. The van der Waals surface area contributed by atoms with E-state index in [9.17, 15) is 5.11 Å². The Hall–Kier alpha value is -1.62. The van der Waals surface area contributed by atoms with Gasteiger partial charge in [-0.1, -0.05) is 30.3 Å². The summed E-state index contributed by atoms with van der Waals surface area (Å²) in [4.78, 5) is 4.83. The molecule has 1 atom stereocenters. The number of methoxy groups -OCH3 is 1. The summed E-state index contributed by atoms with van der Waals surface area (Å²) in [6.07, 6.45) is 0.833. The van der Waals surface area contributed by atoms with E-state index < -0.39 is 0 Å². The summed E-state index contributed by atoms with van der Waals surface area (Å²) in [5, 5.41) is 11.8. The van der Waals surface area contributed by atoms with E-state index in [2.05, 4.69) is 53.2 Å². The largest absolute Gasteiger partial charge is 0.496 e. The molecule has 0 spiro atoms. The monoisotopic (exact) mass is 314 g/mol. The van der Waals surface area contributed by atoms with Crippen LogP contribution in [-0.2, 0) is 6.54 Å². The zero-order valence-electron chi connectivity index (χ0n) is 14.0. The number of ether oxygens (including phenoxy) is 1. The highest BCUT2D eigenvalue weighted by atomic mass is 16.5. The van der Waals surface area contributed by atoms with Crippen LogP contribution in [0.4, 0.5) is 0 Å². The lowest BCUT2D eigenvalue weighted by molar-refractivity contribution is 0.0741. The molecular formula is C19H26N2O2. The summed E-state index contributed by atoms with van der Waals surface area (Å²) in [5.41, 5.74) is 1.26. The van der Waals surface area contributed by atoms with Gasteiger partial charge in [0.05, 0.1) is 7.11 Å². The number of aliphatic hydroxyl groups is 1. The van der Waals surface area contributed by atoms with Crippen molar-refractivity contribution in [1.82, 2.24) is 9.80 Å². The second kappa shape index (κ2) is 7.30. The van der Waals surface area contributed by atoms with E-state index in [4.69, 9.17) is 4.74 Å². The van der Waals surface area contributed by atoms with Gasteiger partial charge >= 0.3 is 0 Å². The smallest absolute Gasteiger partial charge is 0.123 e. The fourth-order valence-corrected chi connectivity index (χ4v) is 3.51. The number of piperazine rings is 1. The second-order valence-electron chi connectivity index (χ2n) is 6.35. The minimum absolute atomic E-state index is 0.250. The first-order valence-electron chi connectivity index (χ1n) is 8.31. The van der Waals surface area contributed by atoms with E-state index in [1.54, 1.807) is 7.11 Å². The number of likely N-dealkylation sites (N-methyl/N-ethyl adjacent to an activating group) is 1. The van der Waals surface area contributed by atoms with Crippen LogP contribution < -0.4 is 4.74 Å². The van der Waals surface area contributed by atoms with Crippen molar-refractivity contribution in [2.75, 3.05) is 40.4 Å². The van der Waals surface area contributed by atoms with Gasteiger partial charge in [0.2, 0.25) is 0 Å². The molecule has 23 heavy (non-hydrogen) atoms. The van der Waals surface area contributed by atoms with Crippen LogP contribution in [-0.4, -0.2) is 61.3 Å². The van der Waals surface area contributed by atoms with Crippen LogP contribution in [0.15, 0.2) is 36.4 Å². The van der Waals surface area contributed by atoms with Crippen molar-refractivity contribution in [1.29, 1.82) is 0 Å². The van der Waals surface area contributed by atoms with Crippen LogP contribution in [0, 0.1) is 0 Å². The summed E-state index contributed by atoms with van der Waals surface area (Å²) >= 11 is 0. The molecule has 1 unspecified atom stereocenters. The van der Waals surface area contributed by atoms with Crippen LogP contribution in [0.25, 0.3) is 10.8 Å². The molecule has 124 valence electrons. The van der Waals surface area contributed by atoms with Crippen molar-refractivity contribution in [3.05, 3.63) is 42.0 Å². The molecule has 3 rings (SSSR count). The third-order valence-electron chi connectivity index (χ3n) is 4.92. The molecule has 1 N–H and O–H groups in total. The van der Waals surface area contributed by atoms with Crippen molar-refractivity contribution >= 4 is 10.8 Å². The molecule has 0 radical (unpaired) electrons. The third kappa shape index (κ3) is 3.50. The highest BCUT2D eigenvalue weighted by Gasteiger charge is 2.24. The highest BCUT2D eigenvalue weighted by molar-refractivity contribution is 5.87. The second-order valence-corrected chi connectivity index (χ2v) is 6.35. The van der Waals surface area contributed by atoms with Crippen LogP contribution in [0.3, 0.4) is 0 Å². The summed E-state index contributed by atoms with van der Waals surface area (Å²) in [7, 11) is 3.89. The normalized spacial score (nSPS) is 20.0. The quantitative estimate of drug-likeness (QED) is 0.919. The Balaban J connectivity index is 1.86. The molecule has 2 aromatic carbocycles. The van der Waals surface area contributed by atoms with Crippen LogP contribution in [0.2, 0.25) is 0 Å². The topological polar surface area (TPSA) is 35.9 Å². The maximum Gasteiger partial charge on any atom is 0.123 e. The Labute approximate surface area is 138 Å². The predicted molar refractivity (Wildman–Crippen MR) is 93.9 cm³/mol. The van der Waals surface area contributed by atoms with Gasteiger partial charge in [-0.2, -0.15) is 0 Å². The van der Waals surface area contributed by atoms with E-state index in [0.29, 0.717) is 6.04 Å². The minimum Gasteiger partial charge on any atom is -0.496 e. The van der Waals surface area contributed by atoms with Gasteiger partial charge in [0.25, 0.3) is 0 Å². The SMILES string of the molecule is COc1ccc2ccccc2c1CN1CCN(C)C(CCO)C1. The Morgan fingerprint density at radius 3 is 2.78 bits per heavy atom. The maximum absolute atomic E-state index is 9.27. The molecule has 4 nitrogen and oxygen atoms in total. The summed E-state index contributed by atoms with van der Waals surface area (Å²) in [5.74, 6) is 0.960. The number of fused-ring (bicyclic) bond motifs is 1. The summed E-state index contributed by atoms with van der Waals surface area (Å²) in [6.45, 7) is 4.21. The van der Waals surface area contributed by atoms with E-state index in [1.165, 1.54) is 16.3 Å². The highest BCUT2D eigenvalue weighted by Crippen LogP contribution is 2.29. The van der Waals surface area contributed by atoms with Crippen LogP contribution >= 0.6 is 0 Å². The molecule has 1 heterocycles. The fourth-order valence-electron chi connectivity index (χ4n) is 3.51. The van der Waals surface area contributed by atoms with Gasteiger partial charge in [0, 0.05) is 44.4 Å². The lowest BCUT2D eigenvalue weighted by atomic mass is 10.0. The van der Waals surface area contributed by atoms with Gasteiger partial charge in [-0.05, 0) is 30.3 Å². The fraction of sp³-hybridized carbons (Fsp3) is 0.474. The maximum atomic E-state index is 9.27. The molecule has 1 saturated heterocycles. The van der Waals surface area contributed by atoms with Crippen molar-refractivity contribution in [3.63, 3.8) is 0 Å². The Morgan fingerprint density at radius 2 is 2.00 bits per heavy atom. The zero-order valence-corrected chi connectivity index (χ0v) is 14.0. The van der Waals surface area contributed by atoms with Crippen molar-refractivity contribution in [2.24, 2.45) is 0 Å². The molecule has 0 aromatic heterocycles. The number of hydrogen-bond donors (Lipinski definition) is 1. The number of rotatable bonds is 5. The molecule has 1 aliphatic rings. The molecule has 0 bridgehead atoms. The first kappa shape index (κ1) is 16.2. The average molecular weight is 314 g/mol. The van der Waals surface area contributed by atoms with Gasteiger partial charge in [-0.15, -0.1) is 0 Å². The van der Waals surface area contributed by atoms with Gasteiger partial charge in [-0.25, -0.2) is 0 Å². The van der Waals surface area contributed by atoms with E-state index in [1.807, 2.05) is 0 Å². The standard InChI is InChI=1S/C19H26N2O2/c1-20-10-11-21(13-16(20)9-12-22)14-18-17-6-4-3-5-15(17)7-8-19(18)23-2/h3-8,16,22H,9-14H2,1-2H3. The average Bonchev–Trinajstić information content (AvgIpc) is 2.58. The summed E-state index contributed by atoms with van der Waals surface area (Å²) in [6, 6.07) is 13.1. The van der Waals surface area contributed by atoms with Gasteiger partial charge in [0.1, 0.15) is 5.75 Å². The Morgan fingerprint density at radius 1 is 1.17 bits per heavy atom. The van der Waals surface area contributed by atoms with Gasteiger partial charge in [-0.3, -0.25) is 4.90 Å². The van der Waals surface area contributed by atoms with Crippen molar-refractivity contribution in [2.45, 2.75) is 19.0 Å². The minimum atomic E-state index is 0.250. The van der Waals surface area contributed by atoms with E-state index in [-0.39, 0.29) is 6.61 Å². The molecule has 4 heteroatoms. The van der Waals surface area contributed by atoms with E-state index >= 15 is 0 Å². The number of hydrogen-bond acceptors (Lipinski definition) is 4. The molecule has 1 fully saturated rings. The lowest BCUT2D eigenvalue weighted by Crippen LogP contribution is -2.51. The first-order valence-corrected chi connectivity index (χ1v) is 8.31. The van der Waals surface area contributed by atoms with Crippen LogP contribution in [0.5, 0.6) is 5.75 Å². The van der Waals surface area contributed by atoms with Crippen molar-refractivity contribution in [3.8, 4) is 5.75 Å². The third-order valence-corrected chi connectivity index (χ3v) is 4.92. The number of aliphatic hydroxyl groups excluding tert-OH is 1. The van der Waals surface area contributed by atoms with Gasteiger partial charge < -0.3 is 14.7 Å². The molecule has 0 amide bonds. The number of benzene rings is 2. The molecule has 0 saturated carbocycles. The molecule has 1 aliphatic heterocycles. The van der Waals surface area contributed by atoms with Crippen LogP contribution in [0.1, 0.15) is 12.0 Å².